The fraction of sp³-hybridized carbons (Fsp3) is 0.263. The zero-order valence-corrected chi connectivity index (χ0v) is 15.8. The maximum absolute atomic E-state index is 12.5. The number of amides is 3. The number of nitrogens with zero attached hydrogens (tertiary/aromatic N) is 3. The first-order valence-electron chi connectivity index (χ1n) is 8.64. The lowest BCUT2D eigenvalue weighted by Gasteiger charge is -2.19. The van der Waals surface area contributed by atoms with Crippen LogP contribution in [0.25, 0.3) is 4.85 Å². The summed E-state index contributed by atoms with van der Waals surface area (Å²) in [5.74, 6) is -1.17. The third-order valence-corrected chi connectivity index (χ3v) is 4.45. The van der Waals surface area contributed by atoms with E-state index >= 15 is 0 Å². The van der Waals surface area contributed by atoms with Gasteiger partial charge in [-0.3, -0.25) is 4.79 Å². The van der Waals surface area contributed by atoms with E-state index in [2.05, 4.69) is 19.9 Å². The molecule has 1 aliphatic rings. The molecule has 1 N–H and O–H groups in total. The standard InChI is InChI=1S/C19H15F3N4O4/c1-4-18(2)16(27)26(17(28)25-18)11-5-8-15(24-10-11)29-12-6-7-13(23-3)14(9-12)30-19(20,21)22/h5-10H,4H2,1-2H3,(H,25,28)/t18-/m1/s1. The van der Waals surface area contributed by atoms with E-state index in [0.717, 1.165) is 17.0 Å². The molecule has 8 nitrogen and oxygen atoms in total. The molecule has 2 heterocycles. The molecule has 1 aromatic carbocycles. The summed E-state index contributed by atoms with van der Waals surface area (Å²) in [6, 6.07) is 5.52. The van der Waals surface area contributed by atoms with Gasteiger partial charge in [0.1, 0.15) is 17.0 Å². The van der Waals surface area contributed by atoms with Crippen molar-refractivity contribution in [2.24, 2.45) is 0 Å². The van der Waals surface area contributed by atoms with Gasteiger partial charge in [0.2, 0.25) is 11.6 Å². The van der Waals surface area contributed by atoms with Crippen LogP contribution in [0.5, 0.6) is 17.4 Å². The summed E-state index contributed by atoms with van der Waals surface area (Å²) in [4.78, 5) is 32.6. The summed E-state index contributed by atoms with van der Waals surface area (Å²) < 4.78 is 46.8. The number of benzene rings is 1. The first-order chi connectivity index (χ1) is 14.1. The van der Waals surface area contributed by atoms with Gasteiger partial charge in [0.05, 0.1) is 18.5 Å². The third kappa shape index (κ3) is 4.12. The van der Waals surface area contributed by atoms with Gasteiger partial charge in [-0.15, -0.1) is 13.2 Å². The number of hydrogen-bond acceptors (Lipinski definition) is 5. The largest absolute Gasteiger partial charge is 0.571 e. The average Bonchev–Trinajstić information content (AvgIpc) is 2.91. The van der Waals surface area contributed by atoms with Crippen molar-refractivity contribution in [1.82, 2.24) is 10.3 Å². The number of rotatable bonds is 5. The number of carbonyl (C=O) groups excluding carboxylic acids is 2. The number of ether oxygens (including phenoxy) is 2. The smallest absolute Gasteiger partial charge is 0.439 e. The van der Waals surface area contributed by atoms with E-state index in [9.17, 15) is 22.8 Å². The van der Waals surface area contributed by atoms with Crippen molar-refractivity contribution in [2.75, 3.05) is 4.90 Å². The van der Waals surface area contributed by atoms with Gasteiger partial charge in [0.25, 0.3) is 5.91 Å². The number of nitrogens with one attached hydrogen (secondary N) is 1. The Morgan fingerprint density at radius 1 is 1.27 bits per heavy atom. The van der Waals surface area contributed by atoms with E-state index in [0.29, 0.717) is 6.42 Å². The quantitative estimate of drug-likeness (QED) is 0.567. The van der Waals surface area contributed by atoms with Crippen LogP contribution in [0.3, 0.4) is 0 Å². The topological polar surface area (TPSA) is 85.1 Å². The maximum Gasteiger partial charge on any atom is 0.571 e. The van der Waals surface area contributed by atoms with Gasteiger partial charge >= 0.3 is 12.4 Å². The van der Waals surface area contributed by atoms with Crippen LogP contribution in [0.2, 0.25) is 0 Å². The van der Waals surface area contributed by atoms with Crippen molar-refractivity contribution < 1.29 is 32.2 Å². The molecule has 1 aliphatic heterocycles. The van der Waals surface area contributed by atoms with Gasteiger partial charge in [0.15, 0.2) is 0 Å². The second kappa shape index (κ2) is 7.55. The number of alkyl halides is 3. The van der Waals surface area contributed by atoms with Gasteiger partial charge in [0, 0.05) is 12.1 Å². The number of carbonyl (C=O) groups is 2. The molecule has 3 amide bonds. The number of aromatic nitrogens is 1. The first kappa shape index (κ1) is 20.9. The fourth-order valence-electron chi connectivity index (χ4n) is 2.70. The predicted molar refractivity (Wildman–Crippen MR) is 98.4 cm³/mol. The summed E-state index contributed by atoms with van der Waals surface area (Å²) in [6.07, 6.45) is -3.33. The van der Waals surface area contributed by atoms with E-state index in [1.54, 1.807) is 13.8 Å². The second-order valence-corrected chi connectivity index (χ2v) is 6.50. The Balaban J connectivity index is 1.80. The molecule has 1 fully saturated rings. The Morgan fingerprint density at radius 3 is 2.53 bits per heavy atom. The van der Waals surface area contributed by atoms with Crippen molar-refractivity contribution in [3.63, 3.8) is 0 Å². The zero-order chi connectivity index (χ0) is 22.1. The van der Waals surface area contributed by atoms with E-state index in [1.165, 1.54) is 24.4 Å². The molecule has 11 heteroatoms. The molecule has 0 saturated carbocycles. The molecule has 1 atom stereocenters. The number of pyridine rings is 1. The third-order valence-electron chi connectivity index (χ3n) is 4.45. The molecule has 30 heavy (non-hydrogen) atoms. The highest BCUT2D eigenvalue weighted by atomic mass is 19.4. The summed E-state index contributed by atoms with van der Waals surface area (Å²) >= 11 is 0. The Kier molecular flexibility index (Phi) is 5.26. The van der Waals surface area contributed by atoms with Crippen LogP contribution in [0, 0.1) is 6.57 Å². The summed E-state index contributed by atoms with van der Waals surface area (Å²) in [5, 5.41) is 2.62. The van der Waals surface area contributed by atoms with E-state index in [1.807, 2.05) is 0 Å². The molecule has 2 aromatic rings. The van der Waals surface area contributed by atoms with Crippen LogP contribution < -0.4 is 19.7 Å². The van der Waals surface area contributed by atoms with Crippen LogP contribution in [-0.4, -0.2) is 28.8 Å². The lowest BCUT2D eigenvalue weighted by Crippen LogP contribution is -2.43. The van der Waals surface area contributed by atoms with E-state index in [4.69, 9.17) is 11.3 Å². The zero-order valence-electron chi connectivity index (χ0n) is 15.8. The average molecular weight is 420 g/mol. The summed E-state index contributed by atoms with van der Waals surface area (Å²) in [7, 11) is 0. The molecule has 3 rings (SSSR count). The molecule has 0 radical (unpaired) electrons. The molecular formula is C19H15F3N4O4. The number of anilines is 1. The van der Waals surface area contributed by atoms with Crippen molar-refractivity contribution in [1.29, 1.82) is 0 Å². The predicted octanol–water partition coefficient (Wildman–Crippen LogP) is 4.55. The Labute approximate surface area is 169 Å². The van der Waals surface area contributed by atoms with Gasteiger partial charge in [-0.05, 0) is 31.5 Å². The minimum atomic E-state index is -4.96. The van der Waals surface area contributed by atoms with Crippen molar-refractivity contribution >= 4 is 23.3 Å². The number of hydrogen-bond donors (Lipinski definition) is 1. The van der Waals surface area contributed by atoms with Crippen molar-refractivity contribution in [3.05, 3.63) is 47.9 Å². The first-order valence-corrected chi connectivity index (χ1v) is 8.64. The fourth-order valence-corrected chi connectivity index (χ4v) is 2.70. The van der Waals surface area contributed by atoms with Crippen LogP contribution in [0.4, 0.5) is 29.3 Å². The summed E-state index contributed by atoms with van der Waals surface area (Å²) in [6.45, 7) is 10.3. The Morgan fingerprint density at radius 2 is 2.00 bits per heavy atom. The minimum absolute atomic E-state index is 0.00224. The number of urea groups is 1. The van der Waals surface area contributed by atoms with E-state index in [-0.39, 0.29) is 23.0 Å². The van der Waals surface area contributed by atoms with Crippen LogP contribution in [-0.2, 0) is 4.79 Å². The molecule has 0 spiro atoms. The maximum atomic E-state index is 12.5. The highest BCUT2D eigenvalue weighted by Crippen LogP contribution is 2.37. The minimum Gasteiger partial charge on any atom is -0.439 e. The lowest BCUT2D eigenvalue weighted by atomic mass is 9.99. The van der Waals surface area contributed by atoms with Crippen LogP contribution in [0.15, 0.2) is 36.5 Å². The molecule has 1 aromatic heterocycles. The molecule has 0 unspecified atom stereocenters. The second-order valence-electron chi connectivity index (χ2n) is 6.50. The molecule has 156 valence electrons. The number of imide groups is 1. The lowest BCUT2D eigenvalue weighted by molar-refractivity contribution is -0.274. The monoisotopic (exact) mass is 420 g/mol. The van der Waals surface area contributed by atoms with Gasteiger partial charge in [-0.1, -0.05) is 6.92 Å². The highest BCUT2D eigenvalue weighted by Gasteiger charge is 2.47. The Bertz CT molecular complexity index is 1030. The van der Waals surface area contributed by atoms with E-state index < -0.39 is 29.6 Å². The van der Waals surface area contributed by atoms with Gasteiger partial charge in [-0.2, -0.15) is 0 Å². The molecule has 1 saturated heterocycles. The molecule has 0 bridgehead atoms. The summed E-state index contributed by atoms with van der Waals surface area (Å²) in [5.41, 5.74) is -1.13. The molecular weight excluding hydrogens is 405 g/mol. The van der Waals surface area contributed by atoms with Crippen LogP contribution >= 0.6 is 0 Å². The molecule has 0 aliphatic carbocycles. The normalized spacial score (nSPS) is 18.7. The van der Waals surface area contributed by atoms with Gasteiger partial charge in [-0.25, -0.2) is 19.5 Å². The highest BCUT2D eigenvalue weighted by molar-refractivity contribution is 6.23. The van der Waals surface area contributed by atoms with Crippen molar-refractivity contribution in [2.45, 2.75) is 32.2 Å². The van der Waals surface area contributed by atoms with Crippen LogP contribution in [0.1, 0.15) is 20.3 Å². The number of halogens is 3. The van der Waals surface area contributed by atoms with Crippen molar-refractivity contribution in [3.8, 4) is 17.4 Å². The van der Waals surface area contributed by atoms with Gasteiger partial charge < -0.3 is 14.8 Å². The SMILES string of the molecule is [C-]#[N+]c1ccc(Oc2ccc(N3C(=O)N[C@](C)(CC)C3=O)cn2)cc1OC(F)(F)F. The Hall–Kier alpha value is -3.81.